The third-order valence-corrected chi connectivity index (χ3v) is 32.5. The molecule has 2 fully saturated rings. The first-order valence-corrected chi connectivity index (χ1v) is 64.9. The highest BCUT2D eigenvalue weighted by molar-refractivity contribution is 5.89. The van der Waals surface area contributed by atoms with Crippen LogP contribution in [0.5, 0.6) is 0 Å². The second-order valence-electron chi connectivity index (χ2n) is 48.5. The lowest BCUT2D eigenvalue weighted by molar-refractivity contribution is -0.377. The van der Waals surface area contributed by atoms with Gasteiger partial charge >= 0.3 is 29.8 Å². The number of unbranched alkanes of at least 4 members (excludes halogenated alkanes) is 69. The molecular weight excluding hydrogens is 1850 g/mol. The maximum Gasteiger partial charge on any atom is 0.333 e. The van der Waals surface area contributed by atoms with Crippen molar-refractivity contribution in [1.29, 1.82) is 0 Å². The van der Waals surface area contributed by atoms with Crippen LogP contribution in [0, 0.1) is 47.3 Å². The van der Waals surface area contributed by atoms with Crippen molar-refractivity contribution in [2.24, 2.45) is 47.3 Å². The molecule has 0 bridgehead atoms. The number of aliphatic hydroxyl groups excluding tert-OH is 3. The Hall–Kier alpha value is -3.93. The summed E-state index contributed by atoms with van der Waals surface area (Å²) in [5.74, 6) is -2.17. The number of allylic oxidation sites excluding steroid dienone is 4. The molecule has 16 heteroatoms. The Morgan fingerprint density at radius 1 is 0.248 bits per heavy atom. The topological polar surface area (TPSA) is 220 Å². The minimum atomic E-state index is -1.92. The number of aliphatic hydroxyl groups is 3. The van der Waals surface area contributed by atoms with Crippen LogP contribution < -0.4 is 0 Å². The molecular formula is C133H246O16. The first kappa shape index (κ1) is 141. The van der Waals surface area contributed by atoms with Crippen LogP contribution in [0.15, 0.2) is 46.6 Å². The summed E-state index contributed by atoms with van der Waals surface area (Å²) in [6, 6.07) is 0. The standard InChI is InChI=1S/C133H246O16/c1-18-23-28-33-38-43-48-53-57-59-61-66-70-75-80-83-88-93-108(7)98-112(11)102-116(15)129(139)146-124-119(105-134)143-132(126(123(124)137)148-131(141)118(17)104-114(13)100-110(9)95-90-85-79-73-68-64-56-51-46-41-36-31-26-21-4)149-133-127(145-121(135)96-91-86-81-76-71-62-52-47-42-37-32-27-22-5)125(147-130(140)117(16)103-113(12)99-109(8)94-89-84-78-72-67-63-55-50-45-40-35-30-25-20-3)122(136)120(144-133)106-142-128(138)115(14)101-111(10)97-107(6)92-87-82-77-74-69-65-60-58-54-49-44-39-34-29-24-19-2/h101-104,107-114,119-120,122-127,132-134,136-137H,18-100,105-106H2,1-17H3/b115-101+,116-102+,117-103+,118-104+/t107-,108-,109-,110-,111-,112-,113-,114-,119?,120?,122+,123?,124+,125?,126-,127+,132+,133+/m0/s1. The highest BCUT2D eigenvalue weighted by Crippen LogP contribution is 2.38. The van der Waals surface area contributed by atoms with Crippen LogP contribution in [0.4, 0.5) is 0 Å². The van der Waals surface area contributed by atoms with Crippen molar-refractivity contribution in [2.45, 2.75) is 712 Å². The Morgan fingerprint density at radius 3 is 0.705 bits per heavy atom. The molecule has 2 rings (SSSR count). The van der Waals surface area contributed by atoms with Gasteiger partial charge in [-0.15, -0.1) is 0 Å². The number of hydrogen-bond acceptors (Lipinski definition) is 16. The molecule has 2 saturated heterocycles. The molecule has 3 N–H and O–H groups in total. The molecule has 18 atom stereocenters. The molecule has 16 nitrogen and oxygen atoms in total. The minimum Gasteiger partial charge on any atom is -0.459 e. The monoisotopic (exact) mass is 2100 g/mol. The summed E-state index contributed by atoms with van der Waals surface area (Å²) < 4.78 is 52.3. The zero-order chi connectivity index (χ0) is 109. The summed E-state index contributed by atoms with van der Waals surface area (Å²) in [5, 5.41) is 37.6. The maximum atomic E-state index is 15.1. The average Bonchev–Trinajstić information content (AvgIpc) is 0.768. The Morgan fingerprint density at radius 2 is 0.456 bits per heavy atom. The summed E-state index contributed by atoms with van der Waals surface area (Å²) in [4.78, 5) is 74.1. The Kier molecular flexibility index (Phi) is 92.2. The van der Waals surface area contributed by atoms with Crippen molar-refractivity contribution in [3.8, 4) is 0 Å². The number of esters is 5. The van der Waals surface area contributed by atoms with Crippen molar-refractivity contribution in [1.82, 2.24) is 0 Å². The van der Waals surface area contributed by atoms with E-state index in [2.05, 4.69) is 90.0 Å². The third kappa shape index (κ3) is 76.4. The van der Waals surface area contributed by atoms with Crippen LogP contribution in [0.2, 0.25) is 0 Å². The second kappa shape index (κ2) is 97.3. The molecule has 0 aromatic carbocycles. The van der Waals surface area contributed by atoms with Gasteiger partial charge in [-0.2, -0.15) is 0 Å². The molecule has 0 radical (unpaired) electrons. The maximum absolute atomic E-state index is 15.1. The Bertz CT molecular complexity index is 3250. The Labute approximate surface area is 920 Å². The third-order valence-electron chi connectivity index (χ3n) is 32.5. The first-order chi connectivity index (χ1) is 72.2. The fraction of sp³-hybridized carbons (Fsp3) is 0.902. The predicted octanol–water partition coefficient (Wildman–Crippen LogP) is 38.7. The lowest BCUT2D eigenvalue weighted by atomic mass is 9.91. The van der Waals surface area contributed by atoms with E-state index in [0.717, 1.165) is 103 Å². The predicted molar refractivity (Wildman–Crippen MR) is 628 cm³/mol. The summed E-state index contributed by atoms with van der Waals surface area (Å²) in [6.45, 7) is 34.2. The molecule has 2 heterocycles. The van der Waals surface area contributed by atoms with Crippen molar-refractivity contribution < 1.29 is 77.2 Å². The van der Waals surface area contributed by atoms with Gasteiger partial charge in [-0.1, -0.05) is 609 Å². The van der Waals surface area contributed by atoms with Crippen molar-refractivity contribution in [2.75, 3.05) is 13.2 Å². The van der Waals surface area contributed by atoms with E-state index in [-0.39, 0.29) is 41.2 Å². The zero-order valence-corrected chi connectivity index (χ0v) is 101. The molecule has 0 spiro atoms. The van der Waals surface area contributed by atoms with Gasteiger partial charge in [0.15, 0.2) is 24.4 Å². The highest BCUT2D eigenvalue weighted by Gasteiger charge is 2.56. The summed E-state index contributed by atoms with van der Waals surface area (Å²) in [5.41, 5.74) is 1.18. The van der Waals surface area contributed by atoms with E-state index in [1.165, 1.54) is 417 Å². The number of ether oxygens (including phenoxy) is 8. The van der Waals surface area contributed by atoms with Gasteiger partial charge in [0.2, 0.25) is 12.6 Å². The molecule has 4 unspecified atom stereocenters. The first-order valence-electron chi connectivity index (χ1n) is 64.9. The van der Waals surface area contributed by atoms with Crippen LogP contribution in [-0.2, 0) is 61.9 Å². The molecule has 0 saturated carbocycles. The van der Waals surface area contributed by atoms with Crippen LogP contribution >= 0.6 is 0 Å². The zero-order valence-electron chi connectivity index (χ0n) is 101. The summed E-state index contributed by atoms with van der Waals surface area (Å²) in [7, 11) is 0. The molecule has 2 aliphatic heterocycles. The molecule has 0 aromatic heterocycles. The number of carbonyl (C=O) groups is 5. The summed E-state index contributed by atoms with van der Waals surface area (Å²) >= 11 is 0. The van der Waals surface area contributed by atoms with Crippen LogP contribution in [0.3, 0.4) is 0 Å². The van der Waals surface area contributed by atoms with Crippen molar-refractivity contribution >= 4 is 29.8 Å². The fourth-order valence-electron chi connectivity index (χ4n) is 23.3. The van der Waals surface area contributed by atoms with E-state index in [9.17, 15) is 29.7 Å². The van der Waals surface area contributed by atoms with E-state index in [1.807, 2.05) is 24.3 Å². The van der Waals surface area contributed by atoms with E-state index >= 15 is 9.59 Å². The number of rotatable bonds is 104. The summed E-state index contributed by atoms with van der Waals surface area (Å²) in [6.07, 6.45) is 92.3. The Balaban J connectivity index is 2.69. The van der Waals surface area contributed by atoms with Gasteiger partial charge in [-0.3, -0.25) is 4.79 Å². The lowest BCUT2D eigenvalue weighted by Gasteiger charge is -2.47. The molecule has 0 amide bonds. The number of carbonyl (C=O) groups excluding carboxylic acids is 5. The van der Waals surface area contributed by atoms with Crippen LogP contribution in [-0.4, -0.2) is 120 Å². The molecule has 2 aliphatic rings. The SMILES string of the molecule is CCCCCCCCCCCCCCCCCCC[C@H](C)C[C@H](C)/C=C(\C)C(=O)O[C@@H]1C(CO)O[C@H](O[C@H]2OC(COC(=O)/C(C)=C/[C@@H](C)C[C@@H](C)CCCCCCCCCCCCCCCCCC)[C@@H](O)C(OC(=O)/C(C)=C/[C@@H](C)C[C@@H](C)CCCCCCCCCCCCCCCC)[C@H]2OC(=O)CCCCCCCCCCCCCCC)[C@@H](OC(=O)/C(C)=C/[C@@H](C)C[C@@H](C)CCCCCCCCCCCCCCCC)C1O. The van der Waals surface area contributed by atoms with Gasteiger partial charge in [0.25, 0.3) is 0 Å². The van der Waals surface area contributed by atoms with Gasteiger partial charge in [-0.25, -0.2) is 19.2 Å². The largest absolute Gasteiger partial charge is 0.459 e. The highest BCUT2D eigenvalue weighted by atomic mass is 16.8. The van der Waals surface area contributed by atoms with E-state index in [1.54, 1.807) is 27.7 Å². The van der Waals surface area contributed by atoms with Gasteiger partial charge in [0.1, 0.15) is 31.0 Å². The number of hydrogen-bond donors (Lipinski definition) is 3. The van der Waals surface area contributed by atoms with E-state index in [4.69, 9.17) is 37.9 Å². The van der Waals surface area contributed by atoms with E-state index in [0.29, 0.717) is 41.2 Å². The van der Waals surface area contributed by atoms with Gasteiger partial charge < -0.3 is 53.2 Å². The molecule has 874 valence electrons. The molecule has 149 heavy (non-hydrogen) atoms. The van der Waals surface area contributed by atoms with Gasteiger partial charge in [0.05, 0.1) is 6.61 Å². The van der Waals surface area contributed by atoms with E-state index < -0.39 is 104 Å². The second-order valence-corrected chi connectivity index (χ2v) is 48.5. The van der Waals surface area contributed by atoms with Crippen LogP contribution in [0.25, 0.3) is 0 Å². The normalized spacial score (nSPS) is 20.1. The van der Waals surface area contributed by atoms with Gasteiger partial charge in [0, 0.05) is 28.7 Å². The quantitative estimate of drug-likeness (QED) is 0.0223. The smallest absolute Gasteiger partial charge is 0.333 e. The lowest BCUT2D eigenvalue weighted by Crippen LogP contribution is -2.66. The van der Waals surface area contributed by atoms with Crippen LogP contribution in [0.1, 0.15) is 651 Å². The fourth-order valence-corrected chi connectivity index (χ4v) is 23.3. The average molecular weight is 2100 g/mol. The van der Waals surface area contributed by atoms with Gasteiger partial charge in [-0.05, 0) is 107 Å². The molecule has 0 aromatic rings. The molecule has 0 aliphatic carbocycles. The van der Waals surface area contributed by atoms with Crippen molar-refractivity contribution in [3.63, 3.8) is 0 Å². The van der Waals surface area contributed by atoms with Crippen molar-refractivity contribution in [3.05, 3.63) is 46.6 Å². The minimum absolute atomic E-state index is 0.00182.